The largest absolute Gasteiger partial charge is 0.413 e. The lowest BCUT2D eigenvalue weighted by Crippen LogP contribution is -2.24. The van der Waals surface area contributed by atoms with Gasteiger partial charge in [-0.1, -0.05) is 37.6 Å². The molecule has 102 valence electrons. The van der Waals surface area contributed by atoms with E-state index in [0.717, 1.165) is 26.2 Å². The summed E-state index contributed by atoms with van der Waals surface area (Å²) < 4.78 is 11.5. The van der Waals surface area contributed by atoms with Gasteiger partial charge in [0.15, 0.2) is 8.32 Å². The molecule has 0 spiro atoms. The van der Waals surface area contributed by atoms with Crippen LogP contribution in [-0.4, -0.2) is 14.9 Å². The molecule has 0 aromatic heterocycles. The van der Waals surface area contributed by atoms with Crippen molar-refractivity contribution in [3.63, 3.8) is 0 Å². The lowest BCUT2D eigenvalue weighted by Gasteiger charge is -2.17. The number of unbranched alkanes of at least 4 members (excludes halogenated alkanes) is 1. The highest BCUT2D eigenvalue weighted by Gasteiger charge is 2.13. The van der Waals surface area contributed by atoms with Crippen LogP contribution >= 0.6 is 0 Å². The van der Waals surface area contributed by atoms with E-state index in [0.29, 0.717) is 0 Å². The van der Waals surface area contributed by atoms with E-state index in [2.05, 4.69) is 50.8 Å². The fourth-order valence-corrected chi connectivity index (χ4v) is 2.07. The number of rotatable bonds is 8. The Balaban J connectivity index is 2.33. The highest BCUT2D eigenvalue weighted by Crippen LogP contribution is 2.11. The van der Waals surface area contributed by atoms with Gasteiger partial charge >= 0.3 is 0 Å². The van der Waals surface area contributed by atoms with Gasteiger partial charge in [-0.3, -0.25) is 0 Å². The molecule has 0 saturated carbocycles. The minimum absolute atomic E-state index is 0.717. The predicted octanol–water partition coefficient (Wildman–Crippen LogP) is 4.35. The van der Waals surface area contributed by atoms with Gasteiger partial charge in [-0.15, -0.1) is 0 Å². The topological polar surface area (TPSA) is 18.5 Å². The molecular formula is C15H26O2Si. The molecule has 0 radical (unpaired) electrons. The molecule has 18 heavy (non-hydrogen) atoms. The maximum atomic E-state index is 5.88. The van der Waals surface area contributed by atoms with Crippen LogP contribution < -0.4 is 0 Å². The van der Waals surface area contributed by atoms with E-state index >= 15 is 0 Å². The molecule has 0 amide bonds. The lowest BCUT2D eigenvalue weighted by atomic mass is 10.1. The molecule has 0 saturated heterocycles. The van der Waals surface area contributed by atoms with Gasteiger partial charge in [0, 0.05) is 6.61 Å². The quantitative estimate of drug-likeness (QED) is 0.514. The molecule has 0 fully saturated rings. The summed E-state index contributed by atoms with van der Waals surface area (Å²) in [5.41, 5.74) is 2.48. The normalized spacial score (nSPS) is 11.8. The van der Waals surface area contributed by atoms with Crippen molar-refractivity contribution in [2.24, 2.45) is 0 Å². The second kappa shape index (κ2) is 7.72. The molecule has 0 atom stereocenters. The highest BCUT2D eigenvalue weighted by atomic mass is 28.4. The Kier molecular flexibility index (Phi) is 6.61. The van der Waals surface area contributed by atoms with E-state index in [4.69, 9.17) is 9.16 Å². The smallest absolute Gasteiger partial charge is 0.184 e. The molecule has 1 rings (SSSR count). The van der Waals surface area contributed by atoms with Crippen LogP contribution in [0.5, 0.6) is 0 Å². The molecule has 0 unspecified atom stereocenters. The zero-order chi connectivity index (χ0) is 13.4. The summed E-state index contributed by atoms with van der Waals surface area (Å²) in [4.78, 5) is 0. The van der Waals surface area contributed by atoms with Gasteiger partial charge in [-0.25, -0.2) is 0 Å². The fourth-order valence-electron chi connectivity index (χ4n) is 1.47. The average Bonchev–Trinajstić information content (AvgIpc) is 2.33. The minimum atomic E-state index is -1.41. The summed E-state index contributed by atoms with van der Waals surface area (Å²) in [5, 5.41) is 0. The molecule has 2 nitrogen and oxygen atoms in total. The third-order valence-corrected chi connectivity index (χ3v) is 3.62. The Hall–Kier alpha value is -0.643. The van der Waals surface area contributed by atoms with Crippen LogP contribution in [0.3, 0.4) is 0 Å². The summed E-state index contributed by atoms with van der Waals surface area (Å²) >= 11 is 0. The summed E-state index contributed by atoms with van der Waals surface area (Å²) in [6, 6.07) is 8.54. The summed E-state index contributed by atoms with van der Waals surface area (Å²) in [7, 11) is -1.41. The van der Waals surface area contributed by atoms with Gasteiger partial charge in [0.1, 0.15) is 0 Å². The highest BCUT2D eigenvalue weighted by molar-refractivity contribution is 6.69. The molecule has 3 heteroatoms. The van der Waals surface area contributed by atoms with E-state index in [9.17, 15) is 0 Å². The first-order valence-corrected chi connectivity index (χ1v) is 10.2. The van der Waals surface area contributed by atoms with Gasteiger partial charge in [-0.05, 0) is 37.2 Å². The maximum Gasteiger partial charge on any atom is 0.184 e. The van der Waals surface area contributed by atoms with E-state index in [1.165, 1.54) is 17.5 Å². The maximum absolute atomic E-state index is 5.88. The molecule has 0 heterocycles. The fraction of sp³-hybridized carbons (Fsp3) is 0.600. The minimum Gasteiger partial charge on any atom is -0.413 e. The van der Waals surface area contributed by atoms with Crippen LogP contribution in [0.1, 0.15) is 30.9 Å². The number of benzene rings is 1. The zero-order valence-electron chi connectivity index (χ0n) is 12.2. The van der Waals surface area contributed by atoms with Crippen LogP contribution in [0.2, 0.25) is 19.6 Å². The van der Waals surface area contributed by atoms with Gasteiger partial charge in [0.2, 0.25) is 0 Å². The van der Waals surface area contributed by atoms with Crippen molar-refractivity contribution in [3.8, 4) is 0 Å². The Morgan fingerprint density at radius 3 is 2.00 bits per heavy atom. The first-order chi connectivity index (χ1) is 8.51. The molecule has 0 aliphatic carbocycles. The monoisotopic (exact) mass is 266 g/mol. The van der Waals surface area contributed by atoms with E-state index in [1.54, 1.807) is 0 Å². The van der Waals surface area contributed by atoms with Crippen LogP contribution in [0, 0.1) is 0 Å². The zero-order valence-corrected chi connectivity index (χ0v) is 13.2. The van der Waals surface area contributed by atoms with Crippen molar-refractivity contribution in [1.82, 2.24) is 0 Å². The van der Waals surface area contributed by atoms with Crippen molar-refractivity contribution in [1.29, 1.82) is 0 Å². The van der Waals surface area contributed by atoms with Crippen molar-refractivity contribution >= 4 is 8.32 Å². The Labute approximate surface area is 112 Å². The van der Waals surface area contributed by atoms with Crippen LogP contribution in [0.4, 0.5) is 0 Å². The third-order valence-electron chi connectivity index (χ3n) is 2.61. The number of hydrogen-bond acceptors (Lipinski definition) is 2. The Morgan fingerprint density at radius 2 is 1.50 bits per heavy atom. The molecule has 0 aliphatic rings. The standard InChI is InChI=1S/C15H26O2Si/c1-5-6-11-16-12-14-7-9-15(10-8-14)13-17-18(2,3)4/h7-10H,5-6,11-13H2,1-4H3. The van der Waals surface area contributed by atoms with E-state index in [1.807, 2.05) is 0 Å². The van der Waals surface area contributed by atoms with Crippen molar-refractivity contribution < 1.29 is 9.16 Å². The lowest BCUT2D eigenvalue weighted by molar-refractivity contribution is 0.118. The number of ether oxygens (including phenoxy) is 1. The van der Waals surface area contributed by atoms with Gasteiger partial charge in [0.05, 0.1) is 13.2 Å². The second-order valence-electron chi connectivity index (χ2n) is 5.62. The van der Waals surface area contributed by atoms with Crippen LogP contribution in [-0.2, 0) is 22.4 Å². The summed E-state index contributed by atoms with van der Waals surface area (Å²) in [5.74, 6) is 0. The first kappa shape index (κ1) is 15.4. The SMILES string of the molecule is CCCCOCc1ccc(CO[Si](C)(C)C)cc1. The molecular weight excluding hydrogens is 240 g/mol. The van der Waals surface area contributed by atoms with E-state index in [-0.39, 0.29) is 0 Å². The second-order valence-corrected chi connectivity index (χ2v) is 10.1. The molecule has 0 N–H and O–H groups in total. The summed E-state index contributed by atoms with van der Waals surface area (Å²) in [6.07, 6.45) is 2.33. The average molecular weight is 266 g/mol. The molecule has 1 aromatic rings. The Bertz CT molecular complexity index is 327. The van der Waals surface area contributed by atoms with Crippen LogP contribution in [0.15, 0.2) is 24.3 Å². The third kappa shape index (κ3) is 6.94. The summed E-state index contributed by atoms with van der Waals surface area (Å²) in [6.45, 7) is 11.1. The van der Waals surface area contributed by atoms with Crippen molar-refractivity contribution in [3.05, 3.63) is 35.4 Å². The van der Waals surface area contributed by atoms with Crippen molar-refractivity contribution in [2.75, 3.05) is 6.61 Å². The van der Waals surface area contributed by atoms with Gasteiger partial charge in [-0.2, -0.15) is 0 Å². The Morgan fingerprint density at radius 1 is 0.944 bits per heavy atom. The first-order valence-electron chi connectivity index (χ1n) is 6.81. The molecule has 0 bridgehead atoms. The number of hydrogen-bond donors (Lipinski definition) is 0. The van der Waals surface area contributed by atoms with Crippen LogP contribution in [0.25, 0.3) is 0 Å². The van der Waals surface area contributed by atoms with Crippen molar-refractivity contribution in [2.45, 2.75) is 52.6 Å². The van der Waals surface area contributed by atoms with Gasteiger partial charge < -0.3 is 9.16 Å². The molecule has 0 aliphatic heterocycles. The predicted molar refractivity (Wildman–Crippen MR) is 79.1 cm³/mol. The van der Waals surface area contributed by atoms with Gasteiger partial charge in [0.25, 0.3) is 0 Å². The van der Waals surface area contributed by atoms with E-state index < -0.39 is 8.32 Å². The molecule has 1 aromatic carbocycles.